The fourth-order valence-electron chi connectivity index (χ4n) is 0.642. The summed E-state index contributed by atoms with van der Waals surface area (Å²) in [4.78, 5) is 0.989. The molecule has 1 heterocycles. The lowest BCUT2D eigenvalue weighted by atomic mass is 10.5. The molecule has 56 valence electrons. The molecule has 1 rings (SSSR count). The SMILES string of the molecule is COc1c(Cl)sc(C)c1Cl. The van der Waals surface area contributed by atoms with Crippen LogP contribution in [0.3, 0.4) is 0 Å². The van der Waals surface area contributed by atoms with Crippen molar-refractivity contribution in [3.05, 3.63) is 14.2 Å². The smallest absolute Gasteiger partial charge is 0.167 e. The summed E-state index contributed by atoms with van der Waals surface area (Å²) in [7, 11) is 1.55. The zero-order chi connectivity index (χ0) is 7.72. The molecular formula is C6H6Cl2OS. The van der Waals surface area contributed by atoms with E-state index >= 15 is 0 Å². The Morgan fingerprint density at radius 3 is 2.20 bits per heavy atom. The molecule has 1 aromatic rings. The Bertz CT molecular complexity index is 244. The van der Waals surface area contributed by atoms with E-state index < -0.39 is 0 Å². The molecule has 10 heavy (non-hydrogen) atoms. The summed E-state index contributed by atoms with van der Waals surface area (Å²) in [6.45, 7) is 1.90. The standard InChI is InChI=1S/C6H6Cl2OS/c1-3-4(7)5(9-2)6(8)10-3/h1-2H3. The summed E-state index contributed by atoms with van der Waals surface area (Å²) < 4.78 is 5.56. The number of methoxy groups -OCH3 is 1. The normalized spacial score (nSPS) is 10.0. The molecule has 1 nitrogen and oxygen atoms in total. The van der Waals surface area contributed by atoms with E-state index in [1.165, 1.54) is 11.3 Å². The first kappa shape index (κ1) is 8.18. The molecule has 0 aliphatic heterocycles. The highest BCUT2D eigenvalue weighted by Crippen LogP contribution is 2.41. The Morgan fingerprint density at radius 2 is 2.00 bits per heavy atom. The van der Waals surface area contributed by atoms with Crippen molar-refractivity contribution < 1.29 is 4.74 Å². The summed E-state index contributed by atoms with van der Waals surface area (Å²) in [6.07, 6.45) is 0. The molecule has 0 bridgehead atoms. The van der Waals surface area contributed by atoms with Crippen molar-refractivity contribution in [3.8, 4) is 5.75 Å². The topological polar surface area (TPSA) is 9.23 Å². The van der Waals surface area contributed by atoms with Gasteiger partial charge in [0.1, 0.15) is 4.34 Å². The lowest BCUT2D eigenvalue weighted by Crippen LogP contribution is -1.79. The third-order valence-electron chi connectivity index (χ3n) is 1.13. The molecule has 0 fully saturated rings. The van der Waals surface area contributed by atoms with E-state index in [-0.39, 0.29) is 0 Å². The molecule has 0 saturated heterocycles. The quantitative estimate of drug-likeness (QED) is 0.670. The minimum absolute atomic E-state index is 0.589. The molecule has 0 aromatic carbocycles. The summed E-state index contributed by atoms with van der Waals surface area (Å²) in [5, 5.41) is 0.623. The van der Waals surface area contributed by atoms with Gasteiger partial charge in [-0.15, -0.1) is 11.3 Å². The molecule has 4 heteroatoms. The first-order valence-corrected chi connectivity index (χ1v) is 4.22. The maximum absolute atomic E-state index is 5.82. The molecule has 0 aliphatic carbocycles. The molecule has 0 aliphatic rings. The summed E-state index contributed by atoms with van der Waals surface area (Å²) in [5.74, 6) is 0.589. The number of hydrogen-bond acceptors (Lipinski definition) is 2. The minimum Gasteiger partial charge on any atom is -0.493 e. The van der Waals surface area contributed by atoms with Crippen LogP contribution in [0.4, 0.5) is 0 Å². The molecule has 0 N–H and O–H groups in total. The first-order chi connectivity index (χ1) is 4.66. The molecule has 0 saturated carbocycles. The third kappa shape index (κ3) is 1.24. The number of thiophene rings is 1. The van der Waals surface area contributed by atoms with E-state index in [0.717, 1.165) is 4.88 Å². The monoisotopic (exact) mass is 196 g/mol. The van der Waals surface area contributed by atoms with Gasteiger partial charge in [-0.2, -0.15) is 0 Å². The Labute approximate surface area is 73.5 Å². The van der Waals surface area contributed by atoms with Gasteiger partial charge in [0.25, 0.3) is 0 Å². The van der Waals surface area contributed by atoms with E-state index in [2.05, 4.69) is 0 Å². The molecule has 1 aromatic heterocycles. The second-order valence-corrected chi connectivity index (χ2v) is 3.98. The average Bonchev–Trinajstić information content (AvgIpc) is 2.09. The van der Waals surface area contributed by atoms with Crippen LogP contribution < -0.4 is 4.74 Å². The second-order valence-electron chi connectivity index (χ2n) is 1.78. The van der Waals surface area contributed by atoms with Gasteiger partial charge in [-0.1, -0.05) is 23.2 Å². The number of rotatable bonds is 1. The molecule has 0 unspecified atom stereocenters. The van der Waals surface area contributed by atoms with Crippen LogP contribution in [-0.4, -0.2) is 7.11 Å². The fraction of sp³-hybridized carbons (Fsp3) is 0.333. The van der Waals surface area contributed by atoms with E-state index in [4.69, 9.17) is 27.9 Å². The van der Waals surface area contributed by atoms with E-state index in [1.807, 2.05) is 6.92 Å². The van der Waals surface area contributed by atoms with Crippen molar-refractivity contribution in [2.24, 2.45) is 0 Å². The van der Waals surface area contributed by atoms with E-state index in [1.54, 1.807) is 7.11 Å². The molecular weight excluding hydrogens is 191 g/mol. The van der Waals surface area contributed by atoms with Crippen LogP contribution in [0.5, 0.6) is 5.75 Å². The van der Waals surface area contributed by atoms with Gasteiger partial charge in [0, 0.05) is 4.88 Å². The van der Waals surface area contributed by atoms with Crippen LogP contribution in [0.15, 0.2) is 0 Å². The van der Waals surface area contributed by atoms with Gasteiger partial charge in [0.2, 0.25) is 0 Å². The van der Waals surface area contributed by atoms with E-state index in [9.17, 15) is 0 Å². The lowest BCUT2D eigenvalue weighted by molar-refractivity contribution is 0.417. The van der Waals surface area contributed by atoms with Gasteiger partial charge >= 0.3 is 0 Å². The van der Waals surface area contributed by atoms with Crippen LogP contribution in [0.2, 0.25) is 9.36 Å². The maximum atomic E-state index is 5.82. The van der Waals surface area contributed by atoms with Gasteiger partial charge < -0.3 is 4.74 Å². The highest BCUT2D eigenvalue weighted by atomic mass is 35.5. The average molecular weight is 197 g/mol. The predicted molar refractivity (Wildman–Crippen MR) is 45.6 cm³/mol. The number of hydrogen-bond donors (Lipinski definition) is 0. The van der Waals surface area contributed by atoms with Crippen LogP contribution in [0.25, 0.3) is 0 Å². The van der Waals surface area contributed by atoms with Crippen molar-refractivity contribution >= 4 is 34.5 Å². The van der Waals surface area contributed by atoms with Gasteiger partial charge in [-0.05, 0) is 6.92 Å². The van der Waals surface area contributed by atoms with Gasteiger partial charge in [0.15, 0.2) is 5.75 Å². The maximum Gasteiger partial charge on any atom is 0.167 e. The van der Waals surface area contributed by atoms with Crippen molar-refractivity contribution in [1.29, 1.82) is 0 Å². The van der Waals surface area contributed by atoms with Crippen molar-refractivity contribution in [1.82, 2.24) is 0 Å². The number of halogens is 2. The van der Waals surface area contributed by atoms with Crippen LogP contribution in [0.1, 0.15) is 4.88 Å². The minimum atomic E-state index is 0.589. The van der Waals surface area contributed by atoms with Crippen LogP contribution >= 0.6 is 34.5 Å². The fourth-order valence-corrected chi connectivity index (χ4v) is 2.28. The number of ether oxygens (including phenoxy) is 1. The Kier molecular flexibility index (Phi) is 2.45. The largest absolute Gasteiger partial charge is 0.493 e. The van der Waals surface area contributed by atoms with Crippen LogP contribution in [-0.2, 0) is 0 Å². The zero-order valence-corrected chi connectivity index (χ0v) is 7.90. The summed E-state index contributed by atoms with van der Waals surface area (Å²) in [5.41, 5.74) is 0. The van der Waals surface area contributed by atoms with Crippen LogP contribution in [0, 0.1) is 6.92 Å². The van der Waals surface area contributed by atoms with Gasteiger partial charge in [-0.25, -0.2) is 0 Å². The molecule has 0 amide bonds. The summed E-state index contributed by atoms with van der Waals surface area (Å²) >= 11 is 13.0. The predicted octanol–water partition coefficient (Wildman–Crippen LogP) is 3.37. The van der Waals surface area contributed by atoms with Crippen molar-refractivity contribution in [2.45, 2.75) is 6.92 Å². The van der Waals surface area contributed by atoms with Gasteiger partial charge in [-0.3, -0.25) is 0 Å². The summed E-state index contributed by atoms with van der Waals surface area (Å²) in [6, 6.07) is 0. The Balaban J connectivity index is 3.20. The second kappa shape index (κ2) is 2.99. The highest BCUT2D eigenvalue weighted by Gasteiger charge is 2.11. The molecule has 0 radical (unpaired) electrons. The molecule has 0 spiro atoms. The third-order valence-corrected chi connectivity index (χ3v) is 2.98. The zero-order valence-electron chi connectivity index (χ0n) is 5.57. The molecule has 0 atom stereocenters. The Morgan fingerprint density at radius 1 is 1.40 bits per heavy atom. The van der Waals surface area contributed by atoms with Gasteiger partial charge in [0.05, 0.1) is 12.1 Å². The van der Waals surface area contributed by atoms with E-state index in [0.29, 0.717) is 15.1 Å². The van der Waals surface area contributed by atoms with Crippen molar-refractivity contribution in [2.75, 3.05) is 7.11 Å². The lowest BCUT2D eigenvalue weighted by Gasteiger charge is -1.95. The Hall–Kier alpha value is 0.0800. The number of aryl methyl sites for hydroxylation is 1. The van der Waals surface area contributed by atoms with Crippen molar-refractivity contribution in [3.63, 3.8) is 0 Å². The highest BCUT2D eigenvalue weighted by molar-refractivity contribution is 7.17. The first-order valence-electron chi connectivity index (χ1n) is 2.65.